The molecule has 1 aromatic carbocycles. The maximum absolute atomic E-state index is 11.8. The molecule has 90 valence electrons. The number of allylic oxidation sites excluding steroid dienone is 1. The Morgan fingerprint density at radius 1 is 1.29 bits per heavy atom. The van der Waals surface area contributed by atoms with Gasteiger partial charge in [-0.1, -0.05) is 42.8 Å². The van der Waals surface area contributed by atoms with Gasteiger partial charge in [0.2, 0.25) is 0 Å². The summed E-state index contributed by atoms with van der Waals surface area (Å²) in [4.78, 5) is 11.8. The summed E-state index contributed by atoms with van der Waals surface area (Å²) in [5, 5.41) is 0. The average Bonchev–Trinajstić information content (AvgIpc) is 2.39. The Kier molecular flexibility index (Phi) is 4.13. The fourth-order valence-electron chi connectivity index (χ4n) is 2.68. The minimum Gasteiger partial charge on any atom is -0.299 e. The highest BCUT2D eigenvalue weighted by molar-refractivity contribution is 5.81. The third-order valence-corrected chi connectivity index (χ3v) is 3.73. The van der Waals surface area contributed by atoms with Crippen LogP contribution in [0.3, 0.4) is 0 Å². The van der Waals surface area contributed by atoms with E-state index in [2.05, 4.69) is 30.8 Å². The molecule has 1 aliphatic carbocycles. The van der Waals surface area contributed by atoms with Crippen molar-refractivity contribution >= 4 is 5.78 Å². The van der Waals surface area contributed by atoms with Gasteiger partial charge >= 0.3 is 0 Å². The summed E-state index contributed by atoms with van der Waals surface area (Å²) < 4.78 is 0. The Hall–Kier alpha value is -1.37. The summed E-state index contributed by atoms with van der Waals surface area (Å²) in [6.45, 7) is 3.92. The fraction of sp³-hybridized carbons (Fsp3) is 0.438. The highest BCUT2D eigenvalue weighted by Crippen LogP contribution is 2.31. The second-order valence-electron chi connectivity index (χ2n) is 4.90. The molecule has 0 heterocycles. The summed E-state index contributed by atoms with van der Waals surface area (Å²) in [6, 6.07) is 10.4. The highest BCUT2D eigenvalue weighted by Gasteiger charge is 2.24. The minimum absolute atomic E-state index is 0.256. The molecule has 1 saturated carbocycles. The van der Waals surface area contributed by atoms with Crippen molar-refractivity contribution in [2.45, 2.75) is 38.0 Å². The summed E-state index contributed by atoms with van der Waals surface area (Å²) in [7, 11) is 0. The van der Waals surface area contributed by atoms with Crippen LogP contribution in [0.2, 0.25) is 0 Å². The lowest BCUT2D eigenvalue weighted by molar-refractivity contribution is -0.124. The Balaban J connectivity index is 2.05. The lowest BCUT2D eigenvalue weighted by Gasteiger charge is -2.24. The number of benzene rings is 1. The normalized spacial score (nSPS) is 22.1. The summed E-state index contributed by atoms with van der Waals surface area (Å²) in [6.07, 6.45) is 7.05. The van der Waals surface area contributed by atoms with Crippen LogP contribution in [0, 0.1) is 5.92 Å². The monoisotopic (exact) mass is 228 g/mol. The van der Waals surface area contributed by atoms with Gasteiger partial charge in [-0.2, -0.15) is 0 Å². The minimum atomic E-state index is 0.256. The highest BCUT2D eigenvalue weighted by atomic mass is 16.1. The van der Waals surface area contributed by atoms with E-state index in [0.717, 1.165) is 25.7 Å². The Bertz CT molecular complexity index is 380. The second kappa shape index (κ2) is 5.81. The van der Waals surface area contributed by atoms with Gasteiger partial charge in [0.25, 0.3) is 0 Å². The molecule has 0 aliphatic heterocycles. The molecule has 0 amide bonds. The van der Waals surface area contributed by atoms with E-state index < -0.39 is 0 Å². The first kappa shape index (κ1) is 12.1. The Labute approximate surface area is 104 Å². The van der Waals surface area contributed by atoms with E-state index in [9.17, 15) is 4.79 Å². The van der Waals surface area contributed by atoms with E-state index in [1.54, 1.807) is 0 Å². The van der Waals surface area contributed by atoms with Crippen molar-refractivity contribution in [3.05, 3.63) is 48.6 Å². The van der Waals surface area contributed by atoms with E-state index in [1.807, 2.05) is 12.1 Å². The first-order valence-corrected chi connectivity index (χ1v) is 6.51. The van der Waals surface area contributed by atoms with Gasteiger partial charge in [0.1, 0.15) is 5.78 Å². The van der Waals surface area contributed by atoms with Gasteiger partial charge in [0, 0.05) is 18.3 Å². The molecule has 2 unspecified atom stereocenters. The van der Waals surface area contributed by atoms with Gasteiger partial charge in [0.05, 0.1) is 0 Å². The van der Waals surface area contributed by atoms with Gasteiger partial charge in [-0.25, -0.2) is 0 Å². The molecule has 0 bridgehead atoms. The predicted octanol–water partition coefficient (Wildman–Crippen LogP) is 4.11. The molecular weight excluding hydrogens is 208 g/mol. The first-order chi connectivity index (χ1) is 8.31. The molecule has 17 heavy (non-hydrogen) atoms. The quantitative estimate of drug-likeness (QED) is 0.709. The van der Waals surface area contributed by atoms with E-state index in [1.165, 1.54) is 12.0 Å². The number of hydrogen-bond acceptors (Lipinski definition) is 1. The van der Waals surface area contributed by atoms with Gasteiger partial charge in [-0.15, -0.1) is 6.58 Å². The zero-order valence-electron chi connectivity index (χ0n) is 10.3. The van der Waals surface area contributed by atoms with Crippen LogP contribution in [-0.2, 0) is 4.79 Å². The number of carbonyl (C=O) groups is 1. The largest absolute Gasteiger partial charge is 0.299 e. The van der Waals surface area contributed by atoms with Crippen LogP contribution in [0.25, 0.3) is 0 Å². The van der Waals surface area contributed by atoms with Gasteiger partial charge in [0.15, 0.2) is 0 Å². The maximum atomic E-state index is 11.8. The van der Waals surface area contributed by atoms with Crippen LogP contribution in [0.4, 0.5) is 0 Å². The first-order valence-electron chi connectivity index (χ1n) is 6.51. The molecule has 1 nitrogen and oxygen atoms in total. The zero-order chi connectivity index (χ0) is 12.1. The van der Waals surface area contributed by atoms with Crippen LogP contribution in [0.1, 0.15) is 43.6 Å². The molecule has 1 heteroatoms. The molecule has 2 atom stereocenters. The van der Waals surface area contributed by atoms with Crippen LogP contribution in [0.15, 0.2) is 43.0 Å². The third-order valence-electron chi connectivity index (χ3n) is 3.73. The number of ketones is 1. The number of Topliss-reactive ketones (excluding diaryl/α,β-unsaturated/α-hetero) is 1. The number of hydrogen-bond donors (Lipinski definition) is 0. The Morgan fingerprint density at radius 3 is 2.71 bits per heavy atom. The predicted molar refractivity (Wildman–Crippen MR) is 71.0 cm³/mol. The van der Waals surface area contributed by atoms with E-state index in [-0.39, 0.29) is 5.92 Å². The third kappa shape index (κ3) is 3.06. The van der Waals surface area contributed by atoms with E-state index >= 15 is 0 Å². The molecule has 0 spiro atoms. The maximum Gasteiger partial charge on any atom is 0.136 e. The number of rotatable bonds is 4. The molecule has 1 aliphatic rings. The van der Waals surface area contributed by atoms with Gasteiger partial charge in [-0.3, -0.25) is 4.79 Å². The van der Waals surface area contributed by atoms with Crippen LogP contribution < -0.4 is 0 Å². The molecule has 2 rings (SSSR count). The van der Waals surface area contributed by atoms with Crippen molar-refractivity contribution in [1.82, 2.24) is 0 Å². The van der Waals surface area contributed by atoms with E-state index in [0.29, 0.717) is 11.7 Å². The van der Waals surface area contributed by atoms with Crippen molar-refractivity contribution in [2.75, 3.05) is 0 Å². The van der Waals surface area contributed by atoms with Crippen LogP contribution in [-0.4, -0.2) is 5.78 Å². The molecule has 0 aromatic heterocycles. The van der Waals surface area contributed by atoms with Crippen LogP contribution >= 0.6 is 0 Å². The summed E-state index contributed by atoms with van der Waals surface area (Å²) in [5.74, 6) is 1.04. The van der Waals surface area contributed by atoms with Crippen molar-refractivity contribution in [1.29, 1.82) is 0 Å². The van der Waals surface area contributed by atoms with Gasteiger partial charge in [-0.05, 0) is 24.8 Å². The van der Waals surface area contributed by atoms with Crippen molar-refractivity contribution in [3.8, 4) is 0 Å². The SMILES string of the molecule is C=CC(CC1CCCCC1=O)c1ccccc1. The molecular formula is C16H20O. The van der Waals surface area contributed by atoms with Crippen LogP contribution in [0.5, 0.6) is 0 Å². The smallest absolute Gasteiger partial charge is 0.136 e. The lowest BCUT2D eigenvalue weighted by atomic mass is 9.80. The molecule has 0 N–H and O–H groups in total. The molecule has 0 radical (unpaired) electrons. The lowest BCUT2D eigenvalue weighted by Crippen LogP contribution is -2.20. The average molecular weight is 228 g/mol. The standard InChI is InChI=1S/C16H20O/c1-2-13(14-8-4-3-5-9-14)12-15-10-6-7-11-16(15)17/h2-5,8-9,13,15H,1,6-7,10-12H2. The van der Waals surface area contributed by atoms with E-state index in [4.69, 9.17) is 0 Å². The zero-order valence-corrected chi connectivity index (χ0v) is 10.3. The second-order valence-corrected chi connectivity index (χ2v) is 4.90. The Morgan fingerprint density at radius 2 is 2.06 bits per heavy atom. The van der Waals surface area contributed by atoms with Gasteiger partial charge < -0.3 is 0 Å². The van der Waals surface area contributed by atoms with Crippen molar-refractivity contribution in [3.63, 3.8) is 0 Å². The molecule has 1 aromatic rings. The summed E-state index contributed by atoms with van der Waals surface area (Å²) >= 11 is 0. The van der Waals surface area contributed by atoms with Crippen molar-refractivity contribution in [2.24, 2.45) is 5.92 Å². The number of carbonyl (C=O) groups excluding carboxylic acids is 1. The molecule has 0 saturated heterocycles. The molecule has 1 fully saturated rings. The fourth-order valence-corrected chi connectivity index (χ4v) is 2.68. The topological polar surface area (TPSA) is 17.1 Å². The summed E-state index contributed by atoms with van der Waals surface area (Å²) in [5.41, 5.74) is 1.28. The van der Waals surface area contributed by atoms with Crippen molar-refractivity contribution < 1.29 is 4.79 Å².